The molecule has 8 aliphatic carbocycles. The molecule has 22 nitrogen and oxygen atoms in total. The first kappa shape index (κ1) is 84.7. The number of alkyl halides is 22. The van der Waals surface area contributed by atoms with Crippen LogP contribution >= 0.6 is 0 Å². The number of rotatable bonds is 2. The molecule has 18 aliphatic rings. The second kappa shape index (κ2) is 30.9. The fraction of sp³-hybridized carbons (Fsp3) is 1.00. The Kier molecular flexibility index (Phi) is 23.1. The summed E-state index contributed by atoms with van der Waals surface area (Å²) in [6, 6.07) is 0. The van der Waals surface area contributed by atoms with Crippen LogP contribution in [0.5, 0.6) is 0 Å². The van der Waals surface area contributed by atoms with E-state index in [4.69, 9.17) is 0 Å². The van der Waals surface area contributed by atoms with Gasteiger partial charge in [-0.1, -0.05) is 25.7 Å². The molecule has 18 fully saturated rings. The van der Waals surface area contributed by atoms with Crippen molar-refractivity contribution in [2.24, 2.45) is 94.7 Å². The monoisotopic (exact) mass is 1760 g/mol. The quantitative estimate of drug-likeness (QED) is 0.0817. The molecular weight excluding hydrogens is 1670 g/mol. The summed E-state index contributed by atoms with van der Waals surface area (Å²) in [5.74, 6) is -25.0. The number of fused-ring (bicyclic) bond motifs is 40. The second-order valence-corrected chi connectivity index (χ2v) is 37.4. The molecule has 56 atom stereocenters. The molecule has 18 rings (SSSR count). The first-order valence-corrected chi connectivity index (χ1v) is 41.3. The van der Waals surface area contributed by atoms with Crippen molar-refractivity contribution in [2.75, 3.05) is 0 Å². The van der Waals surface area contributed by atoms with Crippen LogP contribution in [0.3, 0.4) is 0 Å². The average molecular weight is 1760 g/mol. The van der Waals surface area contributed by atoms with E-state index in [-0.39, 0.29) is 29.7 Å². The first-order chi connectivity index (χ1) is 52.8. The van der Waals surface area contributed by atoms with Gasteiger partial charge in [-0.2, -0.15) is 0 Å². The summed E-state index contributed by atoms with van der Waals surface area (Å²) in [5.41, 5.74) is 0. The molecule has 0 spiro atoms. The van der Waals surface area contributed by atoms with Crippen molar-refractivity contribution in [3.05, 3.63) is 0 Å². The normalized spacial score (nSPS) is 60.8. The smallest absolute Gasteiger partial charge is 0.748 e. The Morgan fingerprint density at radius 3 is 0.584 bits per heavy atom. The fourth-order valence-electron chi connectivity index (χ4n) is 24.5. The molecule has 10 saturated heterocycles. The summed E-state index contributed by atoms with van der Waals surface area (Å²) >= 11 is 0. The van der Waals surface area contributed by atoms with E-state index in [0.717, 1.165) is 0 Å². The van der Waals surface area contributed by atoms with Crippen molar-refractivity contribution in [3.63, 3.8) is 0 Å². The van der Waals surface area contributed by atoms with E-state index < -0.39 is 360 Å². The van der Waals surface area contributed by atoms with E-state index in [2.05, 4.69) is 74.4 Å². The van der Waals surface area contributed by atoms with Crippen molar-refractivity contribution >= 4 is 20.2 Å². The SMILES string of the molecule is O=S(=O)([O-])C1C(F)C(F)C(F)C2C3NC4NC(NC5C6C(F)C(F)C(F)C(F)C6C(NC6NC(NC(N3)C21)C1C(F)C(F)C(F)C(F)C61)N5F)C1CCCCC41.O=S(=O)([O-])C1C(F)C(F)C(F)C2C3NC4NC(NC5C6C(F)C(F)C(F)C(F)C6C(NC6NC(NC(N3)C21)C1C(F)C(F)C(F)C(F)C61)N5F)C1CCCCC41.[Zn+2]. The Balaban J connectivity index is 0.000000169. The minimum absolute atomic E-state index is 0. The second-order valence-electron chi connectivity index (χ2n) is 34.4. The van der Waals surface area contributed by atoms with E-state index >= 15 is 106 Å². The molecule has 640 valence electrons. The van der Waals surface area contributed by atoms with Crippen LogP contribution in [-0.2, 0) is 39.7 Å². The maximum atomic E-state index is 16.8. The van der Waals surface area contributed by atoms with Gasteiger partial charge in [-0.25, -0.2) is 113 Å². The van der Waals surface area contributed by atoms with Gasteiger partial charge in [-0.3, -0.25) is 74.4 Å². The fourth-order valence-corrected chi connectivity index (χ4v) is 26.9. The van der Waals surface area contributed by atoms with E-state index in [1.807, 2.05) is 0 Å². The molecule has 10 aliphatic heterocycles. The first-order valence-electron chi connectivity index (χ1n) is 38.4. The zero-order valence-corrected chi connectivity index (χ0v) is 63.5. The molecule has 0 amide bonds. The van der Waals surface area contributed by atoms with Crippen LogP contribution in [0, 0.1) is 94.7 Å². The Morgan fingerprint density at radius 1 is 0.212 bits per heavy atom. The van der Waals surface area contributed by atoms with Crippen LogP contribution in [0.4, 0.5) is 106 Å². The third-order valence-corrected chi connectivity index (χ3v) is 31.8. The molecule has 8 saturated carbocycles. The number of nitrogens with one attached hydrogen (secondary N) is 14. The van der Waals surface area contributed by atoms with Gasteiger partial charge in [0.25, 0.3) is 0 Å². The Morgan fingerprint density at radius 2 is 0.363 bits per heavy atom. The maximum Gasteiger partial charge on any atom is 2.00 e. The van der Waals surface area contributed by atoms with E-state index in [1.165, 1.54) is 0 Å². The van der Waals surface area contributed by atoms with E-state index in [0.29, 0.717) is 51.4 Å². The molecule has 14 N–H and O–H groups in total. The van der Waals surface area contributed by atoms with Crippen LogP contribution in [-0.4, -0.2) is 281 Å². The summed E-state index contributed by atoms with van der Waals surface area (Å²) in [6.07, 6.45) is -86.1. The Labute approximate surface area is 644 Å². The Bertz CT molecular complexity index is 3450. The van der Waals surface area contributed by atoms with Crippen molar-refractivity contribution in [3.8, 4) is 0 Å². The molecule has 0 radical (unpaired) electrons. The van der Waals surface area contributed by atoms with Gasteiger partial charge in [0.15, 0.2) is 74.1 Å². The minimum Gasteiger partial charge on any atom is -0.748 e. The predicted octanol–water partition coefficient (Wildman–Crippen LogP) is 2.31. The Hall–Kier alpha value is -1.88. The van der Waals surface area contributed by atoms with Gasteiger partial charge in [0, 0.05) is 71.0 Å². The average Bonchev–Trinajstić information content (AvgIpc) is 1.58. The molecule has 0 aromatic carbocycles. The van der Waals surface area contributed by atoms with Gasteiger partial charge < -0.3 is 9.11 Å². The number of halogens is 24. The minimum atomic E-state index is -5.76. The zero-order valence-electron chi connectivity index (χ0n) is 58.9. The van der Waals surface area contributed by atoms with E-state index in [9.17, 15) is 25.9 Å². The molecule has 56 unspecified atom stereocenters. The molecule has 49 heteroatoms. The van der Waals surface area contributed by atoms with Crippen molar-refractivity contribution in [1.29, 1.82) is 0 Å². The molecule has 10 heterocycles. The zero-order chi connectivity index (χ0) is 80.0. The largest absolute Gasteiger partial charge is 2.00 e. The summed E-state index contributed by atoms with van der Waals surface area (Å²) in [5, 5.41) is 33.7. The molecule has 0 aromatic rings. The van der Waals surface area contributed by atoms with Gasteiger partial charge in [0.1, 0.15) is 82.0 Å². The van der Waals surface area contributed by atoms with Gasteiger partial charge in [-0.15, -0.1) is 19.2 Å². The number of hydrogen-bond acceptors (Lipinski definition) is 22. The summed E-state index contributed by atoms with van der Waals surface area (Å²) in [7, 11) is -11.5. The standard InChI is InChI=1S/2C32H44F12N8O3S.Zn/c2*33-13-7-8(14(34)19(39)18(13)38)29-47-27(7)48-30-12-9(15(35)22(42)23(43)24(12)56(53,54)55)28(49-30)46-25-5-3-1-2-4-6(5)26(45-25)50-31-10-11(32(51-29)52(31)44)17(37)21(41)20(40)16(10)36;/h2*5-32,45-51H,1-4H2,(H,53,54,55);/q;;+2/p-2. The van der Waals surface area contributed by atoms with Crippen LogP contribution < -0.4 is 74.4 Å². The molecular formula is C64H86F24N16O6S2Zn. The maximum absolute atomic E-state index is 16.8. The molecule has 16 bridgehead atoms. The van der Waals surface area contributed by atoms with E-state index in [1.54, 1.807) is 0 Å². The van der Waals surface area contributed by atoms with Gasteiger partial charge in [0.2, 0.25) is 0 Å². The third kappa shape index (κ3) is 13.2. The van der Waals surface area contributed by atoms with Crippen LogP contribution in [0.25, 0.3) is 0 Å². The van der Waals surface area contributed by atoms with Gasteiger partial charge >= 0.3 is 19.5 Å². The summed E-state index contributed by atoms with van der Waals surface area (Å²) < 4.78 is 450. The topological polar surface area (TPSA) is 289 Å². The van der Waals surface area contributed by atoms with Crippen molar-refractivity contribution < 1.29 is 151 Å². The summed E-state index contributed by atoms with van der Waals surface area (Å²) in [6.45, 7) is 0. The number of nitrogens with zero attached hydrogens (tertiary/aromatic N) is 2. The van der Waals surface area contributed by atoms with Crippen LogP contribution in [0.15, 0.2) is 0 Å². The van der Waals surface area contributed by atoms with Crippen LogP contribution in [0.1, 0.15) is 51.4 Å². The van der Waals surface area contributed by atoms with Gasteiger partial charge in [-0.05, 0) is 49.4 Å². The predicted molar refractivity (Wildman–Crippen MR) is 338 cm³/mol. The summed E-state index contributed by atoms with van der Waals surface area (Å²) in [4.78, 5) is 0. The van der Waals surface area contributed by atoms with Crippen LogP contribution in [0.2, 0.25) is 0 Å². The molecule has 0 aromatic heterocycles. The van der Waals surface area contributed by atoms with Gasteiger partial charge in [0.05, 0.1) is 109 Å². The molecule has 113 heavy (non-hydrogen) atoms. The van der Waals surface area contributed by atoms with Crippen molar-refractivity contribution in [2.45, 2.75) is 296 Å². The van der Waals surface area contributed by atoms with Crippen molar-refractivity contribution in [1.82, 2.24) is 84.7 Å². The number of hydrogen-bond donors (Lipinski definition) is 14. The third-order valence-electron chi connectivity index (χ3n) is 29.3.